The molecule has 4 N–H and O–H groups in total. The van der Waals surface area contributed by atoms with E-state index >= 15 is 0 Å². The molecule has 0 fully saturated rings. The number of carboxylic acid groups (broad SMARTS) is 1. The van der Waals surface area contributed by atoms with Crippen LogP contribution in [0.3, 0.4) is 0 Å². The number of carbonyl (C=O) groups is 2. The molecule has 0 radical (unpaired) electrons. The van der Waals surface area contributed by atoms with Crippen LogP contribution in [0.15, 0.2) is 18.2 Å². The summed E-state index contributed by atoms with van der Waals surface area (Å²) in [7, 11) is 0. The number of pyridine rings is 1. The Labute approximate surface area is 98.8 Å². The summed E-state index contributed by atoms with van der Waals surface area (Å²) in [6, 6.07) is 4.48. The third-order valence-corrected chi connectivity index (χ3v) is 2.52. The van der Waals surface area contributed by atoms with E-state index in [1.54, 1.807) is 26.0 Å². The number of aliphatic carboxylic acids is 1. The lowest BCUT2D eigenvalue weighted by molar-refractivity contribution is -0.141. The van der Waals surface area contributed by atoms with E-state index in [0.29, 0.717) is 5.82 Å². The summed E-state index contributed by atoms with van der Waals surface area (Å²) in [5.41, 5.74) is 5.24. The first-order chi connectivity index (χ1) is 7.91. The largest absolute Gasteiger partial charge is 0.481 e. The van der Waals surface area contributed by atoms with Crippen molar-refractivity contribution < 1.29 is 14.7 Å². The summed E-state index contributed by atoms with van der Waals surface area (Å²) in [5, 5.41) is 11.8. The highest BCUT2D eigenvalue weighted by Crippen LogP contribution is 2.11. The van der Waals surface area contributed by atoms with Gasteiger partial charge in [-0.15, -0.1) is 0 Å². The summed E-state index contributed by atoms with van der Waals surface area (Å²) in [5.74, 6) is -1.64. The van der Waals surface area contributed by atoms with Gasteiger partial charge in [-0.25, -0.2) is 4.98 Å². The molecule has 6 nitrogen and oxygen atoms in total. The first kappa shape index (κ1) is 13.0. The molecule has 0 bridgehead atoms. The van der Waals surface area contributed by atoms with Crippen LogP contribution in [-0.4, -0.2) is 28.0 Å². The first-order valence-electron chi connectivity index (χ1n) is 5.18. The molecule has 2 atom stereocenters. The summed E-state index contributed by atoms with van der Waals surface area (Å²) >= 11 is 0. The molecule has 1 rings (SSSR count). The molecule has 6 heteroatoms. The van der Waals surface area contributed by atoms with Crippen LogP contribution >= 0.6 is 0 Å². The Bertz CT molecular complexity index is 434. The molecule has 17 heavy (non-hydrogen) atoms. The SMILES string of the molecule is CC(Nc1cccc(C(N)=O)n1)C(C)C(=O)O. The number of nitrogens with zero attached hydrogens (tertiary/aromatic N) is 1. The molecular formula is C11H15N3O3. The van der Waals surface area contributed by atoms with Crippen molar-refractivity contribution in [3.63, 3.8) is 0 Å². The number of hydrogen-bond donors (Lipinski definition) is 3. The number of rotatable bonds is 5. The molecule has 0 saturated carbocycles. The fraction of sp³-hybridized carbons (Fsp3) is 0.364. The summed E-state index contributed by atoms with van der Waals surface area (Å²) in [6.45, 7) is 3.33. The topological polar surface area (TPSA) is 105 Å². The number of nitrogens with one attached hydrogen (secondary N) is 1. The van der Waals surface area contributed by atoms with Crippen molar-refractivity contribution in [1.82, 2.24) is 4.98 Å². The van der Waals surface area contributed by atoms with E-state index in [1.807, 2.05) is 0 Å². The van der Waals surface area contributed by atoms with Crippen LogP contribution < -0.4 is 11.1 Å². The highest BCUT2D eigenvalue weighted by molar-refractivity contribution is 5.91. The lowest BCUT2D eigenvalue weighted by Gasteiger charge is -2.18. The van der Waals surface area contributed by atoms with Gasteiger partial charge >= 0.3 is 5.97 Å². The molecule has 0 aromatic carbocycles. The minimum atomic E-state index is -0.893. The molecular weight excluding hydrogens is 222 g/mol. The molecule has 1 heterocycles. The van der Waals surface area contributed by atoms with Gasteiger partial charge in [0.15, 0.2) is 0 Å². The number of nitrogens with two attached hydrogens (primary N) is 1. The number of anilines is 1. The monoisotopic (exact) mass is 237 g/mol. The van der Waals surface area contributed by atoms with Gasteiger partial charge in [0, 0.05) is 6.04 Å². The average Bonchev–Trinajstić information content (AvgIpc) is 2.28. The van der Waals surface area contributed by atoms with Gasteiger partial charge in [-0.3, -0.25) is 9.59 Å². The zero-order valence-corrected chi connectivity index (χ0v) is 9.68. The van der Waals surface area contributed by atoms with Crippen LogP contribution in [0, 0.1) is 5.92 Å². The predicted octanol–water partition coefficient (Wildman–Crippen LogP) is 0.702. The molecule has 0 saturated heterocycles. The van der Waals surface area contributed by atoms with Gasteiger partial charge in [0.25, 0.3) is 5.91 Å². The minimum Gasteiger partial charge on any atom is -0.481 e. The average molecular weight is 237 g/mol. The molecule has 1 amide bonds. The van der Waals surface area contributed by atoms with E-state index < -0.39 is 17.8 Å². The smallest absolute Gasteiger partial charge is 0.308 e. The third-order valence-electron chi connectivity index (χ3n) is 2.52. The maximum Gasteiger partial charge on any atom is 0.308 e. The fourth-order valence-electron chi connectivity index (χ4n) is 1.22. The van der Waals surface area contributed by atoms with E-state index in [2.05, 4.69) is 10.3 Å². The van der Waals surface area contributed by atoms with Crippen molar-refractivity contribution in [2.75, 3.05) is 5.32 Å². The Balaban J connectivity index is 2.78. The van der Waals surface area contributed by atoms with E-state index in [-0.39, 0.29) is 11.7 Å². The highest BCUT2D eigenvalue weighted by Gasteiger charge is 2.19. The van der Waals surface area contributed by atoms with Crippen molar-refractivity contribution in [3.05, 3.63) is 23.9 Å². The second-order valence-corrected chi connectivity index (χ2v) is 3.83. The van der Waals surface area contributed by atoms with E-state index in [9.17, 15) is 9.59 Å². The van der Waals surface area contributed by atoms with Crippen molar-refractivity contribution in [2.45, 2.75) is 19.9 Å². The van der Waals surface area contributed by atoms with Gasteiger partial charge in [0.05, 0.1) is 5.92 Å². The Morgan fingerprint density at radius 2 is 2.06 bits per heavy atom. The Hall–Kier alpha value is -2.11. The second kappa shape index (κ2) is 5.29. The number of carboxylic acids is 1. The van der Waals surface area contributed by atoms with Crippen molar-refractivity contribution in [2.24, 2.45) is 11.7 Å². The van der Waals surface area contributed by atoms with Crippen LogP contribution in [-0.2, 0) is 4.79 Å². The standard InChI is InChI=1S/C11H15N3O3/c1-6(11(16)17)7(2)13-9-5-3-4-8(14-9)10(12)15/h3-7H,1-2H3,(H2,12,15)(H,13,14)(H,16,17). The van der Waals surface area contributed by atoms with Crippen LogP contribution in [0.5, 0.6) is 0 Å². The van der Waals surface area contributed by atoms with Crippen molar-refractivity contribution in [3.8, 4) is 0 Å². The summed E-state index contributed by atoms with van der Waals surface area (Å²) < 4.78 is 0. The normalized spacial score (nSPS) is 13.8. The third kappa shape index (κ3) is 3.44. The lowest BCUT2D eigenvalue weighted by Crippen LogP contribution is -2.30. The zero-order valence-electron chi connectivity index (χ0n) is 9.68. The van der Waals surface area contributed by atoms with Crippen LogP contribution in [0.2, 0.25) is 0 Å². The maximum absolute atomic E-state index is 10.9. The van der Waals surface area contributed by atoms with Crippen molar-refractivity contribution in [1.29, 1.82) is 0 Å². The molecule has 1 aromatic heterocycles. The number of carbonyl (C=O) groups excluding carboxylic acids is 1. The molecule has 2 unspecified atom stereocenters. The maximum atomic E-state index is 10.9. The van der Waals surface area contributed by atoms with Crippen molar-refractivity contribution >= 4 is 17.7 Å². The summed E-state index contributed by atoms with van der Waals surface area (Å²) in [4.78, 5) is 25.7. The minimum absolute atomic E-state index is 0.144. The van der Waals surface area contributed by atoms with Gasteiger partial charge < -0.3 is 16.2 Å². The van der Waals surface area contributed by atoms with E-state index in [0.717, 1.165) is 0 Å². The highest BCUT2D eigenvalue weighted by atomic mass is 16.4. The Kier molecular flexibility index (Phi) is 4.03. The van der Waals surface area contributed by atoms with E-state index in [1.165, 1.54) is 6.07 Å². The van der Waals surface area contributed by atoms with Gasteiger partial charge in [-0.05, 0) is 26.0 Å². The molecule has 1 aromatic rings. The number of amides is 1. The molecule has 0 spiro atoms. The fourth-order valence-corrected chi connectivity index (χ4v) is 1.22. The molecule has 92 valence electrons. The number of hydrogen-bond acceptors (Lipinski definition) is 4. The van der Waals surface area contributed by atoms with Gasteiger partial charge in [0.1, 0.15) is 11.5 Å². The molecule has 0 aliphatic carbocycles. The van der Waals surface area contributed by atoms with Crippen LogP contribution in [0.4, 0.5) is 5.82 Å². The number of aromatic nitrogens is 1. The second-order valence-electron chi connectivity index (χ2n) is 3.83. The quantitative estimate of drug-likeness (QED) is 0.699. The first-order valence-corrected chi connectivity index (χ1v) is 5.18. The van der Waals surface area contributed by atoms with Gasteiger partial charge in [0.2, 0.25) is 0 Å². The van der Waals surface area contributed by atoms with Crippen LogP contribution in [0.1, 0.15) is 24.3 Å². The van der Waals surface area contributed by atoms with E-state index in [4.69, 9.17) is 10.8 Å². The predicted molar refractivity (Wildman–Crippen MR) is 62.6 cm³/mol. The number of primary amides is 1. The molecule has 0 aliphatic heterocycles. The Morgan fingerprint density at radius 1 is 1.41 bits per heavy atom. The summed E-state index contributed by atoms with van der Waals surface area (Å²) in [6.07, 6.45) is 0. The van der Waals surface area contributed by atoms with Gasteiger partial charge in [-0.1, -0.05) is 6.07 Å². The van der Waals surface area contributed by atoms with Gasteiger partial charge in [-0.2, -0.15) is 0 Å². The Morgan fingerprint density at radius 3 is 2.59 bits per heavy atom. The lowest BCUT2D eigenvalue weighted by atomic mass is 10.0. The zero-order chi connectivity index (χ0) is 13.0. The van der Waals surface area contributed by atoms with Crippen LogP contribution in [0.25, 0.3) is 0 Å². The molecule has 0 aliphatic rings.